The van der Waals surface area contributed by atoms with E-state index in [4.69, 9.17) is 4.42 Å². The second kappa shape index (κ2) is 5.62. The SMILES string of the molecule is CC(=NNC(=O)Cn1cnc2ccccc21)c1ccoc1. The Labute approximate surface area is 121 Å². The minimum Gasteiger partial charge on any atom is -0.472 e. The molecule has 6 nitrogen and oxygen atoms in total. The number of benzene rings is 1. The zero-order valence-electron chi connectivity index (χ0n) is 11.5. The Morgan fingerprint density at radius 2 is 2.24 bits per heavy atom. The van der Waals surface area contributed by atoms with Gasteiger partial charge in [-0.05, 0) is 25.1 Å². The summed E-state index contributed by atoms with van der Waals surface area (Å²) in [6.07, 6.45) is 4.79. The van der Waals surface area contributed by atoms with Gasteiger partial charge in [0.25, 0.3) is 5.91 Å². The number of carbonyl (C=O) groups is 1. The van der Waals surface area contributed by atoms with Gasteiger partial charge in [-0.1, -0.05) is 12.1 Å². The van der Waals surface area contributed by atoms with Crippen LogP contribution in [0.25, 0.3) is 11.0 Å². The third kappa shape index (κ3) is 2.84. The van der Waals surface area contributed by atoms with Gasteiger partial charge >= 0.3 is 0 Å². The number of hydrazone groups is 1. The molecular weight excluding hydrogens is 268 g/mol. The Morgan fingerprint density at radius 3 is 3.05 bits per heavy atom. The number of nitrogens with zero attached hydrogens (tertiary/aromatic N) is 3. The average molecular weight is 282 g/mol. The first-order valence-electron chi connectivity index (χ1n) is 6.49. The molecule has 0 aliphatic heterocycles. The molecule has 3 rings (SSSR count). The minimum atomic E-state index is -0.207. The van der Waals surface area contributed by atoms with Crippen LogP contribution in [0.5, 0.6) is 0 Å². The number of rotatable bonds is 4. The fourth-order valence-corrected chi connectivity index (χ4v) is 2.01. The van der Waals surface area contributed by atoms with Crippen molar-refractivity contribution < 1.29 is 9.21 Å². The van der Waals surface area contributed by atoms with Crippen LogP contribution in [-0.2, 0) is 11.3 Å². The minimum absolute atomic E-state index is 0.169. The zero-order chi connectivity index (χ0) is 14.7. The lowest BCUT2D eigenvalue weighted by Gasteiger charge is -2.03. The zero-order valence-corrected chi connectivity index (χ0v) is 11.5. The quantitative estimate of drug-likeness (QED) is 0.589. The second-order valence-electron chi connectivity index (χ2n) is 4.61. The maximum absolute atomic E-state index is 11.9. The highest BCUT2D eigenvalue weighted by Gasteiger charge is 2.06. The number of hydrogen-bond donors (Lipinski definition) is 1. The molecule has 0 atom stereocenters. The molecule has 0 radical (unpaired) electrons. The van der Waals surface area contributed by atoms with Crippen LogP contribution in [0, 0.1) is 0 Å². The highest BCUT2D eigenvalue weighted by Crippen LogP contribution is 2.11. The molecule has 0 saturated carbocycles. The predicted octanol–water partition coefficient (Wildman–Crippen LogP) is 2.17. The van der Waals surface area contributed by atoms with Crippen molar-refractivity contribution in [2.45, 2.75) is 13.5 Å². The fourth-order valence-electron chi connectivity index (χ4n) is 2.01. The third-order valence-electron chi connectivity index (χ3n) is 3.13. The Hall–Kier alpha value is -2.89. The summed E-state index contributed by atoms with van der Waals surface area (Å²) in [6.45, 7) is 1.97. The van der Waals surface area contributed by atoms with Gasteiger partial charge in [-0.25, -0.2) is 10.4 Å². The van der Waals surface area contributed by atoms with Crippen LogP contribution in [0.2, 0.25) is 0 Å². The molecule has 0 unspecified atom stereocenters. The topological polar surface area (TPSA) is 72.4 Å². The lowest BCUT2D eigenvalue weighted by Crippen LogP contribution is -2.23. The number of hydrogen-bond acceptors (Lipinski definition) is 4. The van der Waals surface area contributed by atoms with Crippen molar-refractivity contribution in [3.8, 4) is 0 Å². The van der Waals surface area contributed by atoms with Gasteiger partial charge in [0.15, 0.2) is 0 Å². The molecule has 0 aliphatic rings. The van der Waals surface area contributed by atoms with Gasteiger partial charge in [0.2, 0.25) is 0 Å². The third-order valence-corrected chi connectivity index (χ3v) is 3.13. The summed E-state index contributed by atoms with van der Waals surface area (Å²) in [5.41, 5.74) is 5.84. The molecule has 0 aliphatic carbocycles. The number of nitrogens with one attached hydrogen (secondary N) is 1. The van der Waals surface area contributed by atoms with Crippen molar-refractivity contribution in [2.75, 3.05) is 0 Å². The largest absolute Gasteiger partial charge is 0.472 e. The first-order chi connectivity index (χ1) is 10.2. The van der Waals surface area contributed by atoms with E-state index >= 15 is 0 Å². The lowest BCUT2D eigenvalue weighted by atomic mass is 10.2. The monoisotopic (exact) mass is 282 g/mol. The van der Waals surface area contributed by atoms with Gasteiger partial charge in [-0.15, -0.1) is 0 Å². The normalized spacial score (nSPS) is 11.8. The Kier molecular flexibility index (Phi) is 3.51. The summed E-state index contributed by atoms with van der Waals surface area (Å²) in [7, 11) is 0. The molecule has 0 fully saturated rings. The first kappa shape index (κ1) is 13.1. The molecule has 6 heteroatoms. The van der Waals surface area contributed by atoms with E-state index in [2.05, 4.69) is 15.5 Å². The van der Waals surface area contributed by atoms with E-state index in [-0.39, 0.29) is 12.5 Å². The van der Waals surface area contributed by atoms with Gasteiger partial charge in [-0.3, -0.25) is 4.79 Å². The second-order valence-corrected chi connectivity index (χ2v) is 4.61. The number of imidazole rings is 1. The van der Waals surface area contributed by atoms with Gasteiger partial charge in [0.05, 0.1) is 35.6 Å². The number of amides is 1. The summed E-state index contributed by atoms with van der Waals surface area (Å²) in [5, 5.41) is 4.05. The molecule has 3 aromatic rings. The Bertz CT molecular complexity index is 787. The van der Waals surface area contributed by atoms with Crippen molar-refractivity contribution in [1.82, 2.24) is 15.0 Å². The average Bonchev–Trinajstić information content (AvgIpc) is 3.15. The number of aromatic nitrogens is 2. The van der Waals surface area contributed by atoms with Crippen LogP contribution >= 0.6 is 0 Å². The molecule has 106 valence electrons. The maximum atomic E-state index is 11.9. The number of carbonyl (C=O) groups excluding carboxylic acids is 1. The summed E-state index contributed by atoms with van der Waals surface area (Å²) in [6, 6.07) is 9.45. The Balaban J connectivity index is 1.68. The molecule has 2 aromatic heterocycles. The molecule has 1 amide bonds. The molecule has 2 heterocycles. The number of furan rings is 1. The summed E-state index contributed by atoms with van der Waals surface area (Å²) >= 11 is 0. The summed E-state index contributed by atoms with van der Waals surface area (Å²) in [5.74, 6) is -0.207. The summed E-state index contributed by atoms with van der Waals surface area (Å²) < 4.78 is 6.76. The molecule has 1 aromatic carbocycles. The van der Waals surface area contributed by atoms with E-state index in [9.17, 15) is 4.79 Å². The number of fused-ring (bicyclic) bond motifs is 1. The Morgan fingerprint density at radius 1 is 1.38 bits per heavy atom. The van der Waals surface area contributed by atoms with Crippen molar-refractivity contribution >= 4 is 22.7 Å². The van der Waals surface area contributed by atoms with Gasteiger partial charge in [0, 0.05) is 5.56 Å². The van der Waals surface area contributed by atoms with Crippen molar-refractivity contribution in [3.05, 3.63) is 54.7 Å². The van der Waals surface area contributed by atoms with Crippen molar-refractivity contribution in [2.24, 2.45) is 5.10 Å². The number of para-hydroxylation sites is 2. The van der Waals surface area contributed by atoms with Gasteiger partial charge in [-0.2, -0.15) is 5.10 Å². The van der Waals surface area contributed by atoms with Crippen molar-refractivity contribution in [1.29, 1.82) is 0 Å². The predicted molar refractivity (Wildman–Crippen MR) is 78.8 cm³/mol. The lowest BCUT2D eigenvalue weighted by molar-refractivity contribution is -0.121. The fraction of sp³-hybridized carbons (Fsp3) is 0.133. The molecule has 1 N–H and O–H groups in total. The molecule has 0 bridgehead atoms. The highest BCUT2D eigenvalue weighted by molar-refractivity contribution is 5.98. The first-order valence-corrected chi connectivity index (χ1v) is 6.49. The standard InChI is InChI=1S/C15H14N4O2/c1-11(12-6-7-21-9-12)17-18-15(20)8-19-10-16-13-4-2-3-5-14(13)19/h2-7,9-10H,8H2,1H3,(H,18,20). The van der Waals surface area contributed by atoms with Crippen LogP contribution in [0.4, 0.5) is 0 Å². The molecule has 21 heavy (non-hydrogen) atoms. The van der Waals surface area contributed by atoms with Crippen LogP contribution in [-0.4, -0.2) is 21.2 Å². The smallest absolute Gasteiger partial charge is 0.260 e. The van der Waals surface area contributed by atoms with Crippen LogP contribution in [0.3, 0.4) is 0 Å². The molecular formula is C15H14N4O2. The van der Waals surface area contributed by atoms with E-state index in [0.717, 1.165) is 16.6 Å². The molecule has 0 saturated heterocycles. The van der Waals surface area contributed by atoms with Crippen molar-refractivity contribution in [3.63, 3.8) is 0 Å². The van der Waals surface area contributed by atoms with E-state index in [1.54, 1.807) is 36.4 Å². The van der Waals surface area contributed by atoms with Gasteiger partial charge in [0.1, 0.15) is 6.54 Å². The van der Waals surface area contributed by atoms with Crippen LogP contribution in [0.15, 0.2) is 58.7 Å². The van der Waals surface area contributed by atoms with Crippen LogP contribution in [0.1, 0.15) is 12.5 Å². The van der Waals surface area contributed by atoms with E-state index in [1.165, 1.54) is 0 Å². The summed E-state index contributed by atoms with van der Waals surface area (Å²) in [4.78, 5) is 16.2. The molecule has 0 spiro atoms. The van der Waals surface area contributed by atoms with E-state index in [0.29, 0.717) is 5.71 Å². The highest BCUT2D eigenvalue weighted by atomic mass is 16.3. The van der Waals surface area contributed by atoms with Crippen LogP contribution < -0.4 is 5.43 Å². The van der Waals surface area contributed by atoms with Gasteiger partial charge < -0.3 is 8.98 Å². The van der Waals surface area contributed by atoms with E-state index < -0.39 is 0 Å². The van der Waals surface area contributed by atoms with E-state index in [1.807, 2.05) is 24.3 Å². The maximum Gasteiger partial charge on any atom is 0.260 e.